The van der Waals surface area contributed by atoms with E-state index in [-0.39, 0.29) is 0 Å². The number of hydrogen-bond acceptors (Lipinski definition) is 6. The van der Waals surface area contributed by atoms with E-state index in [9.17, 15) is 0 Å². The van der Waals surface area contributed by atoms with Crippen molar-refractivity contribution in [3.8, 4) is 0 Å². The zero-order valence-corrected chi connectivity index (χ0v) is 15.3. The predicted molar refractivity (Wildman–Crippen MR) is 101 cm³/mol. The molecule has 0 amide bonds. The lowest BCUT2D eigenvalue weighted by molar-refractivity contribution is 0.177. The Kier molecular flexibility index (Phi) is 5.13. The lowest BCUT2D eigenvalue weighted by atomic mass is 9.78. The minimum absolute atomic E-state index is 0.320. The molecule has 3 heterocycles. The van der Waals surface area contributed by atoms with Gasteiger partial charge in [-0.05, 0) is 49.3 Å². The molecule has 0 unspecified atom stereocenters. The molecule has 0 atom stereocenters. The van der Waals surface area contributed by atoms with Crippen molar-refractivity contribution in [3.63, 3.8) is 0 Å². The van der Waals surface area contributed by atoms with E-state index in [4.69, 9.17) is 20.4 Å². The Morgan fingerprint density at radius 1 is 1.12 bits per heavy atom. The van der Waals surface area contributed by atoms with Gasteiger partial charge < -0.3 is 15.4 Å². The van der Waals surface area contributed by atoms with Gasteiger partial charge >= 0.3 is 0 Å². The van der Waals surface area contributed by atoms with Crippen LogP contribution in [0.5, 0.6) is 0 Å². The van der Waals surface area contributed by atoms with Crippen LogP contribution in [-0.4, -0.2) is 41.2 Å². The molecule has 2 fully saturated rings. The zero-order valence-electron chi connectivity index (χ0n) is 15.3. The fourth-order valence-electron chi connectivity index (χ4n) is 4.05. The van der Waals surface area contributed by atoms with E-state index in [0.29, 0.717) is 24.5 Å². The molecular weight excluding hydrogens is 326 g/mol. The van der Waals surface area contributed by atoms with Gasteiger partial charge in [0, 0.05) is 56.3 Å². The van der Waals surface area contributed by atoms with Crippen LogP contribution in [0.1, 0.15) is 54.6 Å². The number of anilines is 1. The Morgan fingerprint density at radius 2 is 1.85 bits per heavy atom. The number of piperidine rings is 1. The first-order valence-electron chi connectivity index (χ1n) is 9.50. The van der Waals surface area contributed by atoms with Gasteiger partial charge in [0.15, 0.2) is 5.82 Å². The summed E-state index contributed by atoms with van der Waals surface area (Å²) in [5.41, 5.74) is 8.49. The summed E-state index contributed by atoms with van der Waals surface area (Å²) in [5, 5.41) is 0. The molecule has 1 aliphatic carbocycles. The van der Waals surface area contributed by atoms with Crippen molar-refractivity contribution in [1.82, 2.24) is 15.0 Å². The summed E-state index contributed by atoms with van der Waals surface area (Å²) in [6.07, 6.45) is 8.09. The van der Waals surface area contributed by atoms with E-state index >= 15 is 0 Å². The second-order valence-electron chi connectivity index (χ2n) is 7.47. The normalized spacial score (nSPS) is 23.7. The van der Waals surface area contributed by atoms with Crippen LogP contribution in [0.25, 0.3) is 0 Å². The van der Waals surface area contributed by atoms with E-state index in [0.717, 1.165) is 56.1 Å². The number of rotatable bonds is 5. The van der Waals surface area contributed by atoms with Crippen molar-refractivity contribution in [2.45, 2.75) is 50.2 Å². The van der Waals surface area contributed by atoms with Gasteiger partial charge in [0.1, 0.15) is 12.4 Å². The first kappa shape index (κ1) is 17.4. The smallest absolute Gasteiger partial charge is 0.156 e. The first-order valence-corrected chi connectivity index (χ1v) is 9.50. The van der Waals surface area contributed by atoms with Crippen molar-refractivity contribution in [1.29, 1.82) is 0 Å². The molecular formula is C20H27N5O. The minimum atomic E-state index is 0.320. The van der Waals surface area contributed by atoms with Crippen molar-refractivity contribution in [3.05, 3.63) is 47.7 Å². The maximum Gasteiger partial charge on any atom is 0.156 e. The van der Waals surface area contributed by atoms with Crippen LogP contribution in [0.15, 0.2) is 30.6 Å². The Hall–Kier alpha value is -2.05. The van der Waals surface area contributed by atoms with Gasteiger partial charge in [-0.15, -0.1) is 0 Å². The number of ether oxygens (including phenoxy) is 1. The van der Waals surface area contributed by atoms with Gasteiger partial charge in [0.2, 0.25) is 0 Å². The lowest BCUT2D eigenvalue weighted by Crippen LogP contribution is -2.36. The van der Waals surface area contributed by atoms with Crippen LogP contribution in [-0.2, 0) is 11.3 Å². The molecule has 2 aromatic rings. The molecule has 6 nitrogen and oxygen atoms in total. The number of hydrogen-bond donors (Lipinski definition) is 1. The quantitative estimate of drug-likeness (QED) is 0.890. The summed E-state index contributed by atoms with van der Waals surface area (Å²) in [6, 6.07) is 6.77. The second kappa shape index (κ2) is 7.68. The summed E-state index contributed by atoms with van der Waals surface area (Å²) < 4.78 is 5.28. The molecule has 0 bridgehead atoms. The van der Waals surface area contributed by atoms with Crippen molar-refractivity contribution in [2.75, 3.05) is 25.1 Å². The van der Waals surface area contributed by atoms with Crippen LogP contribution >= 0.6 is 0 Å². The van der Waals surface area contributed by atoms with Crippen LogP contribution in [0.4, 0.5) is 5.82 Å². The number of aromatic nitrogens is 3. The molecule has 0 spiro atoms. The second-order valence-corrected chi connectivity index (χ2v) is 7.47. The molecule has 26 heavy (non-hydrogen) atoms. The zero-order chi connectivity index (χ0) is 17.9. The largest absolute Gasteiger partial charge is 0.377 e. The van der Waals surface area contributed by atoms with Crippen molar-refractivity contribution in [2.24, 2.45) is 5.73 Å². The Labute approximate surface area is 154 Å². The highest BCUT2D eigenvalue weighted by atomic mass is 16.5. The molecule has 4 rings (SSSR count). The molecule has 2 aromatic heterocycles. The Morgan fingerprint density at radius 3 is 2.50 bits per heavy atom. The third-order valence-electron chi connectivity index (χ3n) is 5.64. The fraction of sp³-hybridized carbons (Fsp3) is 0.550. The van der Waals surface area contributed by atoms with Crippen LogP contribution in [0.2, 0.25) is 0 Å². The predicted octanol–water partition coefficient (Wildman–Crippen LogP) is 2.61. The van der Waals surface area contributed by atoms with E-state index in [1.54, 1.807) is 7.11 Å². The summed E-state index contributed by atoms with van der Waals surface area (Å²) in [7, 11) is 1.69. The van der Waals surface area contributed by atoms with Crippen molar-refractivity contribution >= 4 is 5.82 Å². The number of pyridine rings is 1. The number of nitrogens with two attached hydrogens (primary N) is 1. The monoisotopic (exact) mass is 353 g/mol. The summed E-state index contributed by atoms with van der Waals surface area (Å²) in [5.74, 6) is 2.89. The van der Waals surface area contributed by atoms with Crippen LogP contribution in [0, 0.1) is 0 Å². The molecule has 1 saturated carbocycles. The average Bonchev–Trinajstić information content (AvgIpc) is 2.66. The van der Waals surface area contributed by atoms with Gasteiger partial charge in [0.25, 0.3) is 0 Å². The van der Waals surface area contributed by atoms with Gasteiger partial charge in [-0.2, -0.15) is 0 Å². The third-order valence-corrected chi connectivity index (χ3v) is 5.64. The molecule has 0 aromatic carbocycles. The molecule has 2 aliphatic rings. The topological polar surface area (TPSA) is 77.2 Å². The molecule has 6 heteroatoms. The third kappa shape index (κ3) is 3.71. The van der Waals surface area contributed by atoms with Crippen LogP contribution < -0.4 is 10.6 Å². The summed E-state index contributed by atoms with van der Waals surface area (Å²) >= 11 is 0. The van der Waals surface area contributed by atoms with Gasteiger partial charge in [-0.3, -0.25) is 4.98 Å². The molecule has 1 aliphatic heterocycles. The van der Waals surface area contributed by atoms with Gasteiger partial charge in [-0.25, -0.2) is 9.97 Å². The highest BCUT2D eigenvalue weighted by Gasteiger charge is 2.30. The number of methoxy groups -OCH3 is 1. The highest BCUT2D eigenvalue weighted by Crippen LogP contribution is 2.36. The highest BCUT2D eigenvalue weighted by molar-refractivity contribution is 5.42. The number of nitrogens with zero attached hydrogens (tertiary/aromatic N) is 4. The minimum Gasteiger partial charge on any atom is -0.377 e. The molecule has 1 saturated heterocycles. The maximum atomic E-state index is 5.97. The summed E-state index contributed by atoms with van der Waals surface area (Å²) in [4.78, 5) is 16.0. The average molecular weight is 353 g/mol. The fourth-order valence-corrected chi connectivity index (χ4v) is 4.05. The SMILES string of the molecule is COCc1nc(C2CC(N)C2)cc(N2CCC(c3ccncc3)CC2)n1. The van der Waals surface area contributed by atoms with E-state index in [2.05, 4.69) is 28.1 Å². The van der Waals surface area contributed by atoms with E-state index in [1.165, 1.54) is 5.56 Å². The van der Waals surface area contributed by atoms with E-state index < -0.39 is 0 Å². The first-order chi connectivity index (χ1) is 12.7. The Bertz CT molecular complexity index is 724. The Balaban J connectivity index is 1.48. The maximum absolute atomic E-state index is 5.97. The summed E-state index contributed by atoms with van der Waals surface area (Å²) in [6.45, 7) is 2.48. The molecule has 138 valence electrons. The van der Waals surface area contributed by atoms with E-state index in [1.807, 2.05) is 12.4 Å². The van der Waals surface area contributed by atoms with Crippen LogP contribution in [0.3, 0.4) is 0 Å². The van der Waals surface area contributed by atoms with Crippen molar-refractivity contribution < 1.29 is 4.74 Å². The molecule has 2 N–H and O–H groups in total. The standard InChI is InChI=1S/C20H27N5O/c1-26-13-19-23-18(16-10-17(21)11-16)12-20(24-19)25-8-4-15(5-9-25)14-2-6-22-7-3-14/h2-3,6-7,12,15-17H,4-5,8-11,13,21H2,1H3. The van der Waals surface area contributed by atoms with Gasteiger partial charge in [0.05, 0.1) is 0 Å². The lowest BCUT2D eigenvalue weighted by Gasteiger charge is -2.35. The van der Waals surface area contributed by atoms with Gasteiger partial charge in [-0.1, -0.05) is 0 Å². The molecule has 0 radical (unpaired) electrons.